The molecule has 1 aromatic rings. The van der Waals surface area contributed by atoms with E-state index in [4.69, 9.17) is 14.2 Å². The number of ether oxygens (including phenoxy) is 3. The summed E-state index contributed by atoms with van der Waals surface area (Å²) in [7, 11) is 1.57. The van der Waals surface area contributed by atoms with Gasteiger partial charge >= 0.3 is 11.9 Å². The second-order valence-electron chi connectivity index (χ2n) is 7.52. The number of carbonyl (C=O) groups is 2. The molecule has 0 radical (unpaired) electrons. The van der Waals surface area contributed by atoms with Gasteiger partial charge in [-0.15, -0.1) is 0 Å². The minimum absolute atomic E-state index is 0.0210. The van der Waals surface area contributed by atoms with Crippen molar-refractivity contribution >= 4 is 27.9 Å². The van der Waals surface area contributed by atoms with Gasteiger partial charge in [0.1, 0.15) is 12.4 Å². The van der Waals surface area contributed by atoms with Crippen LogP contribution in [0.4, 0.5) is 0 Å². The Morgan fingerprint density at radius 2 is 1.40 bits per heavy atom. The molecule has 1 aromatic carbocycles. The predicted molar refractivity (Wildman–Crippen MR) is 123 cm³/mol. The Bertz CT molecular complexity index is 618. The average Bonchev–Trinajstić information content (AvgIpc) is 2.74. The first kappa shape index (κ1) is 26.5. The number of hydrogen-bond donors (Lipinski definition) is 0. The van der Waals surface area contributed by atoms with E-state index < -0.39 is 5.97 Å². The average molecular weight is 485 g/mol. The highest BCUT2D eigenvalue weighted by molar-refractivity contribution is 9.10. The summed E-state index contributed by atoms with van der Waals surface area (Å²) in [5.74, 6) is -0.113. The van der Waals surface area contributed by atoms with E-state index in [9.17, 15) is 9.59 Å². The smallest absolute Gasteiger partial charge is 0.306 e. The lowest BCUT2D eigenvalue weighted by Crippen LogP contribution is -2.11. The van der Waals surface area contributed by atoms with Crippen molar-refractivity contribution in [3.63, 3.8) is 0 Å². The minimum atomic E-state index is -0.423. The fraction of sp³-hybridized carbons (Fsp3) is 0.667. The molecule has 0 aliphatic heterocycles. The summed E-state index contributed by atoms with van der Waals surface area (Å²) in [5.41, 5.74) is 0.767. The molecule has 6 heteroatoms. The van der Waals surface area contributed by atoms with Gasteiger partial charge in [-0.1, -0.05) is 80.6 Å². The second kappa shape index (κ2) is 17.2. The van der Waals surface area contributed by atoms with Crippen LogP contribution in [0.3, 0.4) is 0 Å². The van der Waals surface area contributed by atoms with Gasteiger partial charge in [-0.05, 0) is 24.6 Å². The number of unbranched alkanes of at least 4 members (excludes halogenated alkanes) is 9. The van der Waals surface area contributed by atoms with E-state index in [1.807, 2.05) is 12.1 Å². The molecule has 0 saturated heterocycles. The number of halogens is 1. The van der Waals surface area contributed by atoms with Crippen molar-refractivity contribution in [3.8, 4) is 5.75 Å². The van der Waals surface area contributed by atoms with E-state index in [0.717, 1.165) is 22.9 Å². The molecule has 0 bridgehead atoms. The lowest BCUT2D eigenvalue weighted by molar-refractivity contribution is -0.151. The van der Waals surface area contributed by atoms with E-state index >= 15 is 0 Å². The van der Waals surface area contributed by atoms with Crippen LogP contribution in [-0.2, 0) is 25.7 Å². The molecule has 0 unspecified atom stereocenters. The molecule has 1 rings (SSSR count). The number of benzene rings is 1. The van der Waals surface area contributed by atoms with Gasteiger partial charge in [0.25, 0.3) is 0 Å². The molecular formula is C24H37BrO5. The third-order valence-corrected chi connectivity index (χ3v) is 5.42. The fourth-order valence-corrected chi connectivity index (χ4v) is 3.55. The van der Waals surface area contributed by atoms with Crippen molar-refractivity contribution < 1.29 is 23.8 Å². The molecule has 0 N–H and O–H groups in total. The van der Waals surface area contributed by atoms with Crippen LogP contribution in [0.15, 0.2) is 22.7 Å². The van der Waals surface area contributed by atoms with Crippen molar-refractivity contribution in [3.05, 3.63) is 28.2 Å². The first-order chi connectivity index (χ1) is 14.6. The largest absolute Gasteiger partial charge is 0.496 e. The highest BCUT2D eigenvalue weighted by Crippen LogP contribution is 2.23. The Balaban J connectivity index is 2.02. The summed E-state index contributed by atoms with van der Waals surface area (Å²) in [6.45, 7) is 2.77. The monoisotopic (exact) mass is 484 g/mol. The molecule has 0 atom stereocenters. The van der Waals surface area contributed by atoms with Gasteiger partial charge in [0, 0.05) is 10.0 Å². The molecule has 0 heterocycles. The van der Waals surface area contributed by atoms with Crippen LogP contribution >= 0.6 is 15.9 Å². The van der Waals surface area contributed by atoms with E-state index in [1.165, 1.54) is 51.4 Å². The number of esters is 2. The maximum absolute atomic E-state index is 11.9. The molecule has 5 nitrogen and oxygen atoms in total. The zero-order valence-corrected chi connectivity index (χ0v) is 20.1. The summed E-state index contributed by atoms with van der Waals surface area (Å²) in [4.78, 5) is 23.7. The van der Waals surface area contributed by atoms with Crippen molar-refractivity contribution in [1.82, 2.24) is 0 Å². The Morgan fingerprint density at radius 3 is 2.00 bits per heavy atom. The number of carbonyl (C=O) groups excluding carboxylic acids is 2. The second-order valence-corrected chi connectivity index (χ2v) is 8.43. The van der Waals surface area contributed by atoms with E-state index in [1.54, 1.807) is 13.2 Å². The molecule has 30 heavy (non-hydrogen) atoms. The Hall–Kier alpha value is -1.56. The van der Waals surface area contributed by atoms with Crippen LogP contribution in [0.2, 0.25) is 0 Å². The third-order valence-electron chi connectivity index (χ3n) is 4.93. The molecule has 0 saturated carbocycles. The van der Waals surface area contributed by atoms with Gasteiger partial charge in [-0.2, -0.15) is 0 Å². The van der Waals surface area contributed by atoms with E-state index in [2.05, 4.69) is 22.9 Å². The van der Waals surface area contributed by atoms with Gasteiger partial charge in [-0.25, -0.2) is 0 Å². The summed E-state index contributed by atoms with van der Waals surface area (Å²) >= 11 is 3.38. The highest BCUT2D eigenvalue weighted by atomic mass is 79.9. The van der Waals surface area contributed by atoms with Crippen LogP contribution in [-0.4, -0.2) is 25.7 Å². The molecule has 0 amide bonds. The van der Waals surface area contributed by atoms with Crippen molar-refractivity contribution in [2.45, 2.75) is 90.6 Å². The quantitative estimate of drug-likeness (QED) is 0.181. The Morgan fingerprint density at radius 1 is 0.833 bits per heavy atom. The van der Waals surface area contributed by atoms with Gasteiger partial charge < -0.3 is 14.2 Å². The fourth-order valence-electron chi connectivity index (χ4n) is 3.14. The zero-order chi connectivity index (χ0) is 22.0. The van der Waals surface area contributed by atoms with E-state index in [-0.39, 0.29) is 25.4 Å². The van der Waals surface area contributed by atoms with Crippen molar-refractivity contribution in [2.24, 2.45) is 0 Å². The molecule has 0 spiro atoms. The Kier molecular flexibility index (Phi) is 15.1. The molecule has 0 aliphatic carbocycles. The summed E-state index contributed by atoms with van der Waals surface area (Å²) in [6, 6.07) is 5.50. The van der Waals surface area contributed by atoms with Gasteiger partial charge in [0.2, 0.25) is 0 Å². The number of methoxy groups -OCH3 is 1. The van der Waals surface area contributed by atoms with Crippen LogP contribution in [0.1, 0.15) is 89.5 Å². The molecular weight excluding hydrogens is 448 g/mol. The Labute approximate surface area is 190 Å². The lowest BCUT2D eigenvalue weighted by atomic mass is 10.1. The number of hydrogen-bond acceptors (Lipinski definition) is 5. The molecule has 0 fully saturated rings. The molecule has 0 aliphatic rings. The van der Waals surface area contributed by atoms with E-state index in [0.29, 0.717) is 12.4 Å². The summed E-state index contributed by atoms with van der Waals surface area (Å²) in [5, 5.41) is 0. The molecule has 0 aromatic heterocycles. The van der Waals surface area contributed by atoms with Crippen LogP contribution in [0.5, 0.6) is 5.75 Å². The van der Waals surface area contributed by atoms with Crippen LogP contribution in [0.25, 0.3) is 0 Å². The van der Waals surface area contributed by atoms with Gasteiger partial charge in [-0.3, -0.25) is 9.59 Å². The normalized spacial score (nSPS) is 10.6. The predicted octanol–water partition coefficient (Wildman–Crippen LogP) is 6.75. The summed E-state index contributed by atoms with van der Waals surface area (Å²) < 4.78 is 16.6. The maximum atomic E-state index is 11.9. The first-order valence-corrected chi connectivity index (χ1v) is 12.0. The topological polar surface area (TPSA) is 61.8 Å². The van der Waals surface area contributed by atoms with Gasteiger partial charge in [0.15, 0.2) is 0 Å². The SMILES string of the molecule is CCCCCCCCCCCCOC(=O)CCC(=O)OCc1cc(Br)ccc1OC. The van der Waals surface area contributed by atoms with Crippen LogP contribution in [0, 0.1) is 0 Å². The zero-order valence-electron chi connectivity index (χ0n) is 18.6. The van der Waals surface area contributed by atoms with Gasteiger partial charge in [0.05, 0.1) is 26.6 Å². The maximum Gasteiger partial charge on any atom is 0.306 e. The van der Waals surface area contributed by atoms with Crippen LogP contribution < -0.4 is 4.74 Å². The summed E-state index contributed by atoms with van der Waals surface area (Å²) in [6.07, 6.45) is 12.5. The standard InChI is InChI=1S/C24H37BrO5/c1-3-4-5-6-7-8-9-10-11-12-17-29-23(26)15-16-24(27)30-19-20-18-21(25)13-14-22(20)28-2/h13-14,18H,3-12,15-17,19H2,1-2H3. The first-order valence-electron chi connectivity index (χ1n) is 11.2. The number of rotatable bonds is 17. The lowest BCUT2D eigenvalue weighted by Gasteiger charge is -2.10. The van der Waals surface area contributed by atoms with Crippen molar-refractivity contribution in [1.29, 1.82) is 0 Å². The van der Waals surface area contributed by atoms with Crippen molar-refractivity contribution in [2.75, 3.05) is 13.7 Å². The third kappa shape index (κ3) is 12.9. The molecule has 170 valence electrons. The minimum Gasteiger partial charge on any atom is -0.496 e. The highest BCUT2D eigenvalue weighted by Gasteiger charge is 2.11.